The van der Waals surface area contributed by atoms with Crippen molar-refractivity contribution in [1.82, 2.24) is 15.5 Å². The van der Waals surface area contributed by atoms with E-state index in [4.69, 9.17) is 9.47 Å². The largest absolute Gasteiger partial charge is 0.392 e. The Kier molecular flexibility index (Phi) is 10.3. The Bertz CT molecular complexity index is 1210. The van der Waals surface area contributed by atoms with Gasteiger partial charge in [0.15, 0.2) is 6.29 Å². The van der Waals surface area contributed by atoms with Crippen LogP contribution in [0.1, 0.15) is 48.0 Å². The zero-order chi connectivity index (χ0) is 27.6. The molecule has 1 aliphatic heterocycles. The number of carbonyl (C=O) groups excluding carboxylic acids is 1. The zero-order valence-electron chi connectivity index (χ0n) is 22.8. The molecule has 206 valence electrons. The number of likely N-dealkylation sites (N-methyl/N-ethyl adjacent to an activating group) is 1. The van der Waals surface area contributed by atoms with Crippen LogP contribution in [0.4, 0.5) is 4.79 Å². The molecule has 0 saturated carbocycles. The van der Waals surface area contributed by atoms with Gasteiger partial charge in [0.2, 0.25) is 0 Å². The molecule has 3 N–H and O–H groups in total. The van der Waals surface area contributed by atoms with Crippen molar-refractivity contribution in [3.8, 4) is 11.1 Å². The number of nitrogens with zero attached hydrogens (tertiary/aromatic N) is 1. The molecular weight excluding hydrogens is 490 g/mol. The van der Waals surface area contributed by atoms with Crippen molar-refractivity contribution in [3.63, 3.8) is 0 Å². The lowest BCUT2D eigenvalue weighted by molar-refractivity contribution is -0.252. The Morgan fingerprint density at radius 3 is 2.44 bits per heavy atom. The summed E-state index contributed by atoms with van der Waals surface area (Å²) in [6.07, 6.45) is 2.01. The quantitative estimate of drug-likeness (QED) is 0.293. The predicted octanol–water partition coefficient (Wildman–Crippen LogP) is 5.33. The highest BCUT2D eigenvalue weighted by Crippen LogP contribution is 2.38. The standard InChI is InChI=1S/C32H39N3O4/c1-4-17-35(3)21-29-19-30(26-11-9-23(22-36)10-12-26)39-31(38-29)27-15-13-25(14-16-27)28-8-6-7-24(18-28)20-34-32(37)33-5-2/h4,6-16,18,29-31,36H,1,5,17,19-22H2,2-3H3,(H2,33,34,37)/t29-,30+,31+/m1/s1. The fourth-order valence-electron chi connectivity index (χ4n) is 4.77. The molecule has 7 nitrogen and oxygen atoms in total. The van der Waals surface area contributed by atoms with Gasteiger partial charge in [0, 0.05) is 38.2 Å². The maximum Gasteiger partial charge on any atom is 0.315 e. The van der Waals surface area contributed by atoms with E-state index in [9.17, 15) is 9.90 Å². The van der Waals surface area contributed by atoms with Gasteiger partial charge in [-0.2, -0.15) is 0 Å². The molecule has 4 rings (SSSR count). The van der Waals surface area contributed by atoms with Crippen molar-refractivity contribution in [1.29, 1.82) is 0 Å². The van der Waals surface area contributed by atoms with Crippen molar-refractivity contribution in [2.45, 2.75) is 45.0 Å². The number of hydrogen-bond acceptors (Lipinski definition) is 5. The van der Waals surface area contributed by atoms with Gasteiger partial charge >= 0.3 is 6.03 Å². The summed E-state index contributed by atoms with van der Waals surface area (Å²) in [6, 6.07) is 24.2. The van der Waals surface area contributed by atoms with E-state index in [0.717, 1.165) is 52.9 Å². The van der Waals surface area contributed by atoms with Crippen LogP contribution in [0.2, 0.25) is 0 Å². The fourth-order valence-corrected chi connectivity index (χ4v) is 4.77. The third-order valence-electron chi connectivity index (χ3n) is 6.80. The summed E-state index contributed by atoms with van der Waals surface area (Å²) in [4.78, 5) is 14.0. The summed E-state index contributed by atoms with van der Waals surface area (Å²) >= 11 is 0. The van der Waals surface area contributed by atoms with E-state index in [1.165, 1.54) is 0 Å². The van der Waals surface area contributed by atoms with E-state index in [1.807, 2.05) is 49.4 Å². The molecule has 3 aromatic carbocycles. The number of aliphatic hydroxyl groups excluding tert-OH is 1. The Morgan fingerprint density at radius 1 is 1.00 bits per heavy atom. The van der Waals surface area contributed by atoms with Crippen LogP contribution in [0, 0.1) is 0 Å². The van der Waals surface area contributed by atoms with Gasteiger partial charge in [0.05, 0.1) is 18.8 Å². The van der Waals surface area contributed by atoms with Crippen LogP contribution >= 0.6 is 0 Å². The summed E-state index contributed by atoms with van der Waals surface area (Å²) < 4.78 is 12.9. The minimum Gasteiger partial charge on any atom is -0.392 e. The van der Waals surface area contributed by atoms with Crippen molar-refractivity contribution in [2.24, 2.45) is 0 Å². The maximum absolute atomic E-state index is 11.8. The number of aliphatic hydroxyl groups is 1. The first-order valence-electron chi connectivity index (χ1n) is 13.5. The third-order valence-corrected chi connectivity index (χ3v) is 6.80. The molecule has 0 radical (unpaired) electrons. The first-order valence-corrected chi connectivity index (χ1v) is 13.5. The topological polar surface area (TPSA) is 83.1 Å². The first-order chi connectivity index (χ1) is 19.0. The molecule has 3 aromatic rings. The SMILES string of the molecule is C=CCN(C)C[C@H]1C[C@@H](c2ccc(CO)cc2)O[C@@H](c2ccc(-c3cccc(CNC(=O)NCC)c3)cc2)O1. The maximum atomic E-state index is 11.8. The number of ether oxygens (including phenoxy) is 2. The summed E-state index contributed by atoms with van der Waals surface area (Å²) in [5.41, 5.74) is 6.10. The number of urea groups is 1. The van der Waals surface area contributed by atoms with E-state index >= 15 is 0 Å². The van der Waals surface area contributed by atoms with Gasteiger partial charge in [0.1, 0.15) is 0 Å². The second-order valence-corrected chi connectivity index (χ2v) is 9.90. The van der Waals surface area contributed by atoms with Gasteiger partial charge in [-0.25, -0.2) is 4.79 Å². The van der Waals surface area contributed by atoms with Crippen LogP contribution in [0.5, 0.6) is 0 Å². The minimum atomic E-state index is -0.495. The molecule has 0 unspecified atom stereocenters. The summed E-state index contributed by atoms with van der Waals surface area (Å²) in [6.45, 7) is 8.37. The van der Waals surface area contributed by atoms with Crippen LogP contribution < -0.4 is 10.6 Å². The Labute approximate surface area is 231 Å². The molecule has 2 amide bonds. The second kappa shape index (κ2) is 14.1. The Hall–Kier alpha value is -3.49. The number of nitrogens with one attached hydrogen (secondary N) is 2. The smallest absolute Gasteiger partial charge is 0.315 e. The molecule has 1 aliphatic rings. The molecule has 3 atom stereocenters. The molecule has 39 heavy (non-hydrogen) atoms. The molecule has 1 heterocycles. The lowest BCUT2D eigenvalue weighted by atomic mass is 9.99. The second-order valence-electron chi connectivity index (χ2n) is 9.90. The van der Waals surface area contributed by atoms with Gasteiger partial charge in [-0.1, -0.05) is 72.8 Å². The molecule has 1 fully saturated rings. The summed E-state index contributed by atoms with van der Waals surface area (Å²) in [5.74, 6) is 0. The van der Waals surface area contributed by atoms with E-state index in [2.05, 4.69) is 65.6 Å². The molecule has 0 aromatic heterocycles. The van der Waals surface area contributed by atoms with Crippen LogP contribution in [-0.4, -0.2) is 48.8 Å². The van der Waals surface area contributed by atoms with E-state index in [-0.39, 0.29) is 24.8 Å². The highest BCUT2D eigenvalue weighted by molar-refractivity contribution is 5.73. The summed E-state index contributed by atoms with van der Waals surface area (Å²) in [5, 5.41) is 15.0. The van der Waals surface area contributed by atoms with Crippen molar-refractivity contribution in [3.05, 3.63) is 108 Å². The number of rotatable bonds is 11. The lowest BCUT2D eigenvalue weighted by Gasteiger charge is -2.37. The zero-order valence-corrected chi connectivity index (χ0v) is 22.8. The van der Waals surface area contributed by atoms with Gasteiger partial charge in [-0.15, -0.1) is 6.58 Å². The molecule has 0 bridgehead atoms. The van der Waals surface area contributed by atoms with E-state index in [1.54, 1.807) is 0 Å². The average molecular weight is 530 g/mol. The normalized spacial score (nSPS) is 19.0. The molecule has 1 saturated heterocycles. The van der Waals surface area contributed by atoms with Crippen molar-refractivity contribution in [2.75, 3.05) is 26.7 Å². The highest BCUT2D eigenvalue weighted by atomic mass is 16.7. The average Bonchev–Trinajstić information content (AvgIpc) is 2.96. The lowest BCUT2D eigenvalue weighted by Crippen LogP contribution is -2.37. The molecule has 7 heteroatoms. The van der Waals surface area contributed by atoms with Gasteiger partial charge < -0.3 is 30.1 Å². The van der Waals surface area contributed by atoms with Crippen LogP contribution in [0.15, 0.2) is 85.5 Å². The van der Waals surface area contributed by atoms with Crippen molar-refractivity contribution < 1.29 is 19.4 Å². The van der Waals surface area contributed by atoms with E-state index < -0.39 is 6.29 Å². The number of hydrogen-bond donors (Lipinski definition) is 3. The van der Waals surface area contributed by atoms with Gasteiger partial charge in [-0.3, -0.25) is 0 Å². The van der Waals surface area contributed by atoms with Crippen LogP contribution in [-0.2, 0) is 22.6 Å². The van der Waals surface area contributed by atoms with Gasteiger partial charge in [0.25, 0.3) is 0 Å². The van der Waals surface area contributed by atoms with E-state index in [0.29, 0.717) is 13.1 Å². The van der Waals surface area contributed by atoms with Crippen LogP contribution in [0.3, 0.4) is 0 Å². The number of carbonyl (C=O) groups is 1. The summed E-state index contributed by atoms with van der Waals surface area (Å²) in [7, 11) is 2.06. The predicted molar refractivity (Wildman–Crippen MR) is 154 cm³/mol. The molecule has 0 spiro atoms. The molecule has 0 aliphatic carbocycles. The van der Waals surface area contributed by atoms with Crippen LogP contribution in [0.25, 0.3) is 11.1 Å². The van der Waals surface area contributed by atoms with Crippen molar-refractivity contribution >= 4 is 6.03 Å². The number of benzene rings is 3. The fraction of sp³-hybridized carbons (Fsp3) is 0.344. The highest BCUT2D eigenvalue weighted by Gasteiger charge is 2.32. The monoisotopic (exact) mass is 529 g/mol. The molecular formula is C32H39N3O4. The minimum absolute atomic E-state index is 0.00927. The number of amides is 2. The van der Waals surface area contributed by atoms with Gasteiger partial charge in [-0.05, 0) is 47.9 Å². The first kappa shape index (κ1) is 28.5. The Balaban J connectivity index is 1.49. The third kappa shape index (κ3) is 8.00. The Morgan fingerprint density at radius 2 is 1.74 bits per heavy atom.